The number of likely N-dealkylation sites (tertiary alicyclic amines) is 1. The number of amides is 2. The Morgan fingerprint density at radius 1 is 1.17 bits per heavy atom. The molecule has 29 heavy (non-hydrogen) atoms. The molecule has 2 fully saturated rings. The normalized spacial score (nSPS) is 18.7. The van der Waals surface area contributed by atoms with Gasteiger partial charge in [0.2, 0.25) is 17.0 Å². The second-order valence-corrected chi connectivity index (χ2v) is 9.29. The van der Waals surface area contributed by atoms with Crippen molar-refractivity contribution in [1.82, 2.24) is 25.1 Å². The molecule has 1 aliphatic heterocycles. The molecule has 0 bridgehead atoms. The summed E-state index contributed by atoms with van der Waals surface area (Å²) in [7, 11) is 0. The highest BCUT2D eigenvalue weighted by molar-refractivity contribution is 7.98. The molecule has 4 rings (SSSR count). The first-order valence-corrected chi connectivity index (χ1v) is 12.3. The number of carbonyl (C=O) groups excluding carboxylic acids is 2. The van der Waals surface area contributed by atoms with E-state index >= 15 is 0 Å². The van der Waals surface area contributed by atoms with Gasteiger partial charge in [-0.15, -0.1) is 16.4 Å². The predicted octanol–water partition coefficient (Wildman–Crippen LogP) is 3.52. The average molecular weight is 435 g/mol. The van der Waals surface area contributed by atoms with Crippen LogP contribution >= 0.6 is 23.1 Å². The van der Waals surface area contributed by atoms with E-state index in [2.05, 4.69) is 25.5 Å². The summed E-state index contributed by atoms with van der Waals surface area (Å²) in [5, 5.41) is 12.7. The van der Waals surface area contributed by atoms with Crippen molar-refractivity contribution in [3.63, 3.8) is 0 Å². The lowest BCUT2D eigenvalue weighted by atomic mass is 9.87. The Kier molecular flexibility index (Phi) is 6.49. The summed E-state index contributed by atoms with van der Waals surface area (Å²) in [5.74, 6) is 0.923. The number of aromatic amines is 1. The van der Waals surface area contributed by atoms with Gasteiger partial charge < -0.3 is 4.90 Å². The molecule has 1 saturated carbocycles. The number of nitrogens with one attached hydrogen (secondary N) is 2. The first-order valence-electron chi connectivity index (χ1n) is 10.2. The molecule has 2 N–H and O–H groups in total. The van der Waals surface area contributed by atoms with Crippen LogP contribution in [0.15, 0.2) is 10.5 Å². The Labute approximate surface area is 178 Å². The molecule has 0 aromatic carbocycles. The minimum absolute atomic E-state index is 0.234. The number of nitrogens with zero attached hydrogens (tertiary/aromatic N) is 4. The van der Waals surface area contributed by atoms with Crippen LogP contribution in [0.2, 0.25) is 0 Å². The lowest BCUT2D eigenvalue weighted by Crippen LogP contribution is -2.41. The second kappa shape index (κ2) is 9.25. The molecule has 0 unspecified atom stereocenters. The molecule has 0 radical (unpaired) electrons. The molecule has 0 atom stereocenters. The molecule has 8 nitrogen and oxygen atoms in total. The molecule has 2 aromatic rings. The van der Waals surface area contributed by atoms with E-state index in [-0.39, 0.29) is 11.8 Å². The fraction of sp³-hybridized carbons (Fsp3) is 0.632. The van der Waals surface area contributed by atoms with E-state index in [9.17, 15) is 9.59 Å². The van der Waals surface area contributed by atoms with E-state index in [0.717, 1.165) is 43.8 Å². The van der Waals surface area contributed by atoms with Gasteiger partial charge in [0.15, 0.2) is 0 Å². The Morgan fingerprint density at radius 2 is 1.93 bits per heavy atom. The summed E-state index contributed by atoms with van der Waals surface area (Å²) in [6.45, 7) is 1.58. The van der Waals surface area contributed by atoms with Crippen LogP contribution in [0, 0.1) is 5.92 Å². The number of hydrogen-bond acceptors (Lipinski definition) is 7. The van der Waals surface area contributed by atoms with E-state index in [1.807, 2.05) is 11.2 Å². The number of carbonyl (C=O) groups is 2. The zero-order chi connectivity index (χ0) is 20.2. The monoisotopic (exact) mass is 434 g/mol. The van der Waals surface area contributed by atoms with Gasteiger partial charge in [0, 0.05) is 30.3 Å². The first-order chi connectivity index (χ1) is 14.1. The van der Waals surface area contributed by atoms with E-state index in [4.69, 9.17) is 0 Å². The van der Waals surface area contributed by atoms with Gasteiger partial charge in [0.25, 0.3) is 5.91 Å². The number of thioether (sulfide) groups is 1. The Bertz CT molecular complexity index is 853. The van der Waals surface area contributed by atoms with Gasteiger partial charge >= 0.3 is 0 Å². The van der Waals surface area contributed by atoms with Crippen LogP contribution in [-0.2, 0) is 4.79 Å². The quantitative estimate of drug-likeness (QED) is 0.698. The zero-order valence-electron chi connectivity index (χ0n) is 16.5. The minimum Gasteiger partial charge on any atom is -0.342 e. The molecule has 10 heteroatoms. The highest BCUT2D eigenvalue weighted by Gasteiger charge is 2.30. The van der Waals surface area contributed by atoms with Crippen LogP contribution in [0.4, 0.5) is 5.95 Å². The number of hydrogen-bond donors (Lipinski definition) is 2. The van der Waals surface area contributed by atoms with E-state index in [1.165, 1.54) is 42.4 Å². The number of rotatable bonds is 5. The summed E-state index contributed by atoms with van der Waals surface area (Å²) in [5.41, 5.74) is 0.396. The third-order valence-electron chi connectivity index (χ3n) is 5.74. The smallest absolute Gasteiger partial charge is 0.277 e. The van der Waals surface area contributed by atoms with Crippen LogP contribution in [0.5, 0.6) is 0 Å². The molecular formula is C19H26N6O2S2. The Morgan fingerprint density at radius 3 is 2.62 bits per heavy atom. The molecule has 2 aliphatic rings. The summed E-state index contributed by atoms with van der Waals surface area (Å²) in [4.78, 5) is 35.9. The van der Waals surface area contributed by atoms with Crippen LogP contribution in [0.25, 0.3) is 0 Å². The van der Waals surface area contributed by atoms with Crippen molar-refractivity contribution in [1.29, 1.82) is 0 Å². The van der Waals surface area contributed by atoms with Crippen LogP contribution in [0.1, 0.15) is 66.4 Å². The number of H-pyrrole nitrogens is 1. The van der Waals surface area contributed by atoms with Gasteiger partial charge in [-0.2, -0.15) is 4.98 Å². The molecule has 2 amide bonds. The fourth-order valence-corrected chi connectivity index (χ4v) is 5.39. The number of piperidine rings is 1. The highest BCUT2D eigenvalue weighted by atomic mass is 32.2. The summed E-state index contributed by atoms with van der Waals surface area (Å²) in [6, 6.07) is 0. The SMILES string of the molecule is CSc1n[nH]c(NC(=O)c2csc(C3CCN(C(=O)C4CCCCC4)CC3)n2)n1. The lowest BCUT2D eigenvalue weighted by molar-refractivity contribution is -0.137. The molecule has 1 saturated heterocycles. The third kappa shape index (κ3) is 4.80. The number of thiazole rings is 1. The molecule has 156 valence electrons. The minimum atomic E-state index is -0.291. The Hall–Kier alpha value is -1.94. The van der Waals surface area contributed by atoms with Crippen molar-refractivity contribution in [3.8, 4) is 0 Å². The maximum Gasteiger partial charge on any atom is 0.277 e. The van der Waals surface area contributed by atoms with Crippen LogP contribution in [0.3, 0.4) is 0 Å². The zero-order valence-corrected chi connectivity index (χ0v) is 18.2. The Balaban J connectivity index is 1.30. The standard InChI is InChI=1S/C19H26N6O2S2/c1-28-19-22-18(23-24-19)21-15(26)14-11-29-16(20-14)12-7-9-25(10-8-12)17(27)13-5-3-2-4-6-13/h11-13H,2-10H2,1H3,(H2,21,22,23,24,26). The van der Waals surface area contributed by atoms with Crippen molar-refractivity contribution in [2.75, 3.05) is 24.7 Å². The van der Waals surface area contributed by atoms with Gasteiger partial charge in [0.1, 0.15) is 5.69 Å². The van der Waals surface area contributed by atoms with E-state index < -0.39 is 0 Å². The second-order valence-electron chi connectivity index (χ2n) is 7.63. The van der Waals surface area contributed by atoms with Gasteiger partial charge in [-0.25, -0.2) is 10.1 Å². The largest absolute Gasteiger partial charge is 0.342 e. The number of aromatic nitrogens is 4. The topological polar surface area (TPSA) is 104 Å². The van der Waals surface area contributed by atoms with Crippen molar-refractivity contribution in [3.05, 3.63) is 16.1 Å². The highest BCUT2D eigenvalue weighted by Crippen LogP contribution is 2.32. The average Bonchev–Trinajstić information content (AvgIpc) is 3.44. The molecule has 1 aliphatic carbocycles. The molecule has 0 spiro atoms. The van der Waals surface area contributed by atoms with Crippen LogP contribution < -0.4 is 5.32 Å². The van der Waals surface area contributed by atoms with Gasteiger partial charge in [-0.3, -0.25) is 14.9 Å². The van der Waals surface area contributed by atoms with Gasteiger partial charge in [0.05, 0.1) is 5.01 Å². The molecule has 3 heterocycles. The van der Waals surface area contributed by atoms with Crippen molar-refractivity contribution in [2.24, 2.45) is 5.92 Å². The van der Waals surface area contributed by atoms with Crippen LogP contribution in [-0.4, -0.2) is 56.2 Å². The van der Waals surface area contributed by atoms with Crippen molar-refractivity contribution < 1.29 is 9.59 Å². The lowest BCUT2D eigenvalue weighted by Gasteiger charge is -2.34. The maximum absolute atomic E-state index is 12.7. The first kappa shape index (κ1) is 20.3. The fourth-order valence-electron chi connectivity index (χ4n) is 4.10. The van der Waals surface area contributed by atoms with E-state index in [0.29, 0.717) is 28.6 Å². The van der Waals surface area contributed by atoms with Crippen molar-refractivity contribution in [2.45, 2.75) is 56.0 Å². The van der Waals surface area contributed by atoms with E-state index in [1.54, 1.807) is 5.38 Å². The predicted molar refractivity (Wildman–Crippen MR) is 113 cm³/mol. The van der Waals surface area contributed by atoms with Gasteiger partial charge in [-0.05, 0) is 31.9 Å². The van der Waals surface area contributed by atoms with Gasteiger partial charge in [-0.1, -0.05) is 31.0 Å². The summed E-state index contributed by atoms with van der Waals surface area (Å²) < 4.78 is 0. The molecule has 2 aromatic heterocycles. The maximum atomic E-state index is 12.7. The molecular weight excluding hydrogens is 408 g/mol. The summed E-state index contributed by atoms with van der Waals surface area (Å²) in [6.07, 6.45) is 9.42. The number of anilines is 1. The third-order valence-corrected chi connectivity index (χ3v) is 7.30. The summed E-state index contributed by atoms with van der Waals surface area (Å²) >= 11 is 2.92. The van der Waals surface area contributed by atoms with Crippen molar-refractivity contribution >= 4 is 40.9 Å².